The van der Waals surface area contributed by atoms with Gasteiger partial charge in [-0.1, -0.05) is 54.5 Å². The van der Waals surface area contributed by atoms with Gasteiger partial charge in [0.15, 0.2) is 6.10 Å². The number of carboxylic acid groups (broad SMARTS) is 1. The standard InChI is InChI=1S/C17H12O4/c1-2-15(12-8-4-3-5-9-12)21-17(20)14-11-7-6-10-13(14)16(18)19/h1,3-11,15H,(H,18,19)/p-1/t15-/m1/s1. The quantitative estimate of drug-likeness (QED) is 0.629. The number of carbonyl (C=O) groups excluding carboxylic acids is 2. The number of ether oxygens (including phenoxy) is 1. The molecule has 0 bridgehead atoms. The van der Waals surface area contributed by atoms with E-state index in [4.69, 9.17) is 11.2 Å². The zero-order valence-electron chi connectivity index (χ0n) is 11.0. The third-order valence-corrected chi connectivity index (χ3v) is 2.85. The van der Waals surface area contributed by atoms with Gasteiger partial charge < -0.3 is 14.6 Å². The van der Waals surface area contributed by atoms with E-state index in [0.717, 1.165) is 0 Å². The molecule has 0 fully saturated rings. The molecule has 0 spiro atoms. The van der Waals surface area contributed by atoms with E-state index in [1.54, 1.807) is 24.3 Å². The van der Waals surface area contributed by atoms with E-state index in [0.29, 0.717) is 5.56 Å². The Labute approximate surface area is 122 Å². The molecule has 4 nitrogen and oxygen atoms in total. The maximum absolute atomic E-state index is 12.1. The van der Waals surface area contributed by atoms with Crippen molar-refractivity contribution < 1.29 is 19.4 Å². The first-order valence-corrected chi connectivity index (χ1v) is 6.16. The van der Waals surface area contributed by atoms with Crippen LogP contribution >= 0.6 is 0 Å². The lowest BCUT2D eigenvalue weighted by molar-refractivity contribution is -0.255. The summed E-state index contributed by atoms with van der Waals surface area (Å²) in [6.45, 7) is 0. The van der Waals surface area contributed by atoms with Crippen LogP contribution in [0.2, 0.25) is 0 Å². The van der Waals surface area contributed by atoms with E-state index in [9.17, 15) is 14.7 Å². The first kappa shape index (κ1) is 14.4. The molecule has 2 aromatic rings. The van der Waals surface area contributed by atoms with Gasteiger partial charge in [0.1, 0.15) is 0 Å². The monoisotopic (exact) mass is 279 g/mol. The van der Waals surface area contributed by atoms with Crippen molar-refractivity contribution in [3.63, 3.8) is 0 Å². The maximum Gasteiger partial charge on any atom is 0.340 e. The fourth-order valence-corrected chi connectivity index (χ4v) is 1.84. The molecule has 21 heavy (non-hydrogen) atoms. The molecule has 4 heteroatoms. The third-order valence-electron chi connectivity index (χ3n) is 2.85. The van der Waals surface area contributed by atoms with Gasteiger partial charge in [-0.15, -0.1) is 6.42 Å². The van der Waals surface area contributed by atoms with Crippen LogP contribution in [0.4, 0.5) is 0 Å². The summed E-state index contributed by atoms with van der Waals surface area (Å²) in [6, 6.07) is 14.5. The van der Waals surface area contributed by atoms with Crippen molar-refractivity contribution >= 4 is 11.9 Å². The number of hydrogen-bond acceptors (Lipinski definition) is 4. The molecule has 1 atom stereocenters. The second-order valence-electron chi connectivity index (χ2n) is 4.20. The molecule has 0 radical (unpaired) electrons. The van der Waals surface area contributed by atoms with E-state index < -0.39 is 18.0 Å². The zero-order valence-corrected chi connectivity index (χ0v) is 11.0. The molecule has 0 saturated heterocycles. The number of carbonyl (C=O) groups is 2. The van der Waals surface area contributed by atoms with Crippen molar-refractivity contribution in [2.45, 2.75) is 6.10 Å². The molecule has 0 aliphatic carbocycles. The lowest BCUT2D eigenvalue weighted by Gasteiger charge is -2.14. The predicted molar refractivity (Wildman–Crippen MR) is 74.2 cm³/mol. The highest BCUT2D eigenvalue weighted by Crippen LogP contribution is 2.19. The molecule has 0 aliphatic rings. The minimum Gasteiger partial charge on any atom is -0.545 e. The Morgan fingerprint density at radius 1 is 1.00 bits per heavy atom. The Kier molecular flexibility index (Phi) is 4.37. The summed E-state index contributed by atoms with van der Waals surface area (Å²) < 4.78 is 5.20. The van der Waals surface area contributed by atoms with Crippen LogP contribution in [0, 0.1) is 12.3 Å². The first-order valence-electron chi connectivity index (χ1n) is 6.16. The van der Waals surface area contributed by atoms with Gasteiger partial charge in [0.25, 0.3) is 0 Å². The lowest BCUT2D eigenvalue weighted by atomic mass is 10.1. The Balaban J connectivity index is 2.26. The van der Waals surface area contributed by atoms with Crippen LogP contribution in [0.3, 0.4) is 0 Å². The maximum atomic E-state index is 12.1. The van der Waals surface area contributed by atoms with Crippen LogP contribution in [-0.4, -0.2) is 11.9 Å². The Hall–Kier alpha value is -3.06. The van der Waals surface area contributed by atoms with Gasteiger partial charge in [0.05, 0.1) is 11.5 Å². The first-order chi connectivity index (χ1) is 10.1. The molecular weight excluding hydrogens is 268 g/mol. The van der Waals surface area contributed by atoms with Crippen molar-refractivity contribution in [2.75, 3.05) is 0 Å². The fourth-order valence-electron chi connectivity index (χ4n) is 1.84. The molecule has 0 saturated carbocycles. The van der Waals surface area contributed by atoms with Crippen LogP contribution in [0.1, 0.15) is 32.4 Å². The van der Waals surface area contributed by atoms with Crippen molar-refractivity contribution in [3.8, 4) is 12.3 Å². The minimum atomic E-state index is -1.44. The number of benzene rings is 2. The Morgan fingerprint density at radius 2 is 1.57 bits per heavy atom. The molecule has 2 aromatic carbocycles. The number of terminal acetylenes is 1. The van der Waals surface area contributed by atoms with Gasteiger partial charge in [-0.3, -0.25) is 0 Å². The molecule has 0 heterocycles. The van der Waals surface area contributed by atoms with Crippen molar-refractivity contribution in [1.82, 2.24) is 0 Å². The topological polar surface area (TPSA) is 66.4 Å². The average molecular weight is 279 g/mol. The van der Waals surface area contributed by atoms with Crippen molar-refractivity contribution in [3.05, 3.63) is 71.3 Å². The van der Waals surface area contributed by atoms with E-state index in [1.807, 2.05) is 6.07 Å². The lowest BCUT2D eigenvalue weighted by Crippen LogP contribution is -2.25. The second-order valence-corrected chi connectivity index (χ2v) is 4.20. The summed E-state index contributed by atoms with van der Waals surface area (Å²) in [7, 11) is 0. The smallest absolute Gasteiger partial charge is 0.340 e. The van der Waals surface area contributed by atoms with Crippen LogP contribution in [0.25, 0.3) is 0 Å². The number of esters is 1. The molecule has 0 unspecified atom stereocenters. The van der Waals surface area contributed by atoms with Gasteiger partial charge in [0.2, 0.25) is 0 Å². The number of rotatable bonds is 4. The van der Waals surface area contributed by atoms with Gasteiger partial charge in [-0.2, -0.15) is 0 Å². The number of carboxylic acids is 1. The van der Waals surface area contributed by atoms with Crippen LogP contribution in [0.15, 0.2) is 54.6 Å². The summed E-state index contributed by atoms with van der Waals surface area (Å²) in [5.74, 6) is 0.113. The molecule has 0 aliphatic heterocycles. The summed E-state index contributed by atoms with van der Waals surface area (Å²) in [4.78, 5) is 23.1. The molecule has 104 valence electrons. The highest BCUT2D eigenvalue weighted by atomic mass is 16.5. The Bertz CT molecular complexity index is 698. The minimum absolute atomic E-state index is 0.0892. The van der Waals surface area contributed by atoms with Crippen LogP contribution in [0.5, 0.6) is 0 Å². The van der Waals surface area contributed by atoms with Gasteiger partial charge in [0, 0.05) is 11.1 Å². The van der Waals surface area contributed by atoms with Crippen LogP contribution < -0.4 is 5.11 Å². The van der Waals surface area contributed by atoms with E-state index in [2.05, 4.69) is 5.92 Å². The molecule has 0 amide bonds. The van der Waals surface area contributed by atoms with Gasteiger partial charge in [-0.05, 0) is 6.07 Å². The predicted octanol–water partition coefficient (Wildman–Crippen LogP) is 1.58. The summed E-state index contributed by atoms with van der Waals surface area (Å²) >= 11 is 0. The van der Waals surface area contributed by atoms with E-state index >= 15 is 0 Å². The van der Waals surface area contributed by atoms with Gasteiger partial charge >= 0.3 is 5.97 Å². The number of hydrogen-bond donors (Lipinski definition) is 0. The molecular formula is C17H11O4-. The zero-order chi connectivity index (χ0) is 15.2. The number of aromatic carboxylic acids is 1. The summed E-state index contributed by atoms with van der Waals surface area (Å²) in [5, 5.41) is 11.0. The summed E-state index contributed by atoms with van der Waals surface area (Å²) in [6.07, 6.45) is 4.49. The highest BCUT2D eigenvalue weighted by Gasteiger charge is 2.18. The second kappa shape index (κ2) is 6.40. The third kappa shape index (κ3) is 3.28. The largest absolute Gasteiger partial charge is 0.545 e. The summed E-state index contributed by atoms with van der Waals surface area (Å²) in [5.41, 5.74) is 0.319. The normalized spacial score (nSPS) is 11.2. The van der Waals surface area contributed by atoms with Crippen molar-refractivity contribution in [1.29, 1.82) is 0 Å². The molecule has 0 aromatic heterocycles. The molecule has 0 N–H and O–H groups in total. The Morgan fingerprint density at radius 3 is 2.14 bits per heavy atom. The van der Waals surface area contributed by atoms with Crippen LogP contribution in [-0.2, 0) is 4.74 Å². The van der Waals surface area contributed by atoms with Gasteiger partial charge in [-0.25, -0.2) is 4.79 Å². The molecule has 2 rings (SSSR count). The van der Waals surface area contributed by atoms with E-state index in [-0.39, 0.29) is 11.1 Å². The highest BCUT2D eigenvalue weighted by molar-refractivity contribution is 6.01. The average Bonchev–Trinajstić information content (AvgIpc) is 2.53. The van der Waals surface area contributed by atoms with Crippen molar-refractivity contribution in [2.24, 2.45) is 0 Å². The van der Waals surface area contributed by atoms with E-state index in [1.165, 1.54) is 24.3 Å². The fraction of sp³-hybridized carbons (Fsp3) is 0.0588. The SMILES string of the molecule is C#C[C@@H](OC(=O)c1ccccc1C(=O)[O-])c1ccccc1.